The number of hydrogen-bond donors (Lipinski definition) is 1. The first-order valence-electron chi connectivity index (χ1n) is 9.48. The Kier molecular flexibility index (Phi) is 5.23. The Bertz CT molecular complexity index is 829. The number of benzene rings is 1. The van der Waals surface area contributed by atoms with Gasteiger partial charge in [-0.05, 0) is 19.1 Å². The molecule has 0 unspecified atom stereocenters. The van der Waals surface area contributed by atoms with Crippen LogP contribution in [0.1, 0.15) is 18.7 Å². The summed E-state index contributed by atoms with van der Waals surface area (Å²) in [4.78, 5) is 11.4. The van der Waals surface area contributed by atoms with Gasteiger partial charge >= 0.3 is 0 Å². The highest BCUT2D eigenvalue weighted by Gasteiger charge is 2.40. The third-order valence-corrected chi connectivity index (χ3v) is 5.14. The van der Waals surface area contributed by atoms with Gasteiger partial charge in [0.25, 0.3) is 0 Å². The first-order chi connectivity index (χ1) is 13.6. The molecule has 2 aromatic rings. The van der Waals surface area contributed by atoms with Gasteiger partial charge in [0, 0.05) is 43.8 Å². The molecule has 28 heavy (non-hydrogen) atoms. The van der Waals surface area contributed by atoms with Gasteiger partial charge in [0.05, 0.1) is 27.4 Å². The minimum atomic E-state index is -0.390. The van der Waals surface area contributed by atoms with Gasteiger partial charge in [-0.1, -0.05) is 0 Å². The van der Waals surface area contributed by atoms with E-state index in [1.807, 2.05) is 31.2 Å². The molecule has 0 aliphatic carbocycles. The van der Waals surface area contributed by atoms with Crippen LogP contribution in [0.4, 0.5) is 17.3 Å². The lowest BCUT2D eigenvalue weighted by Gasteiger charge is -2.38. The van der Waals surface area contributed by atoms with Crippen LogP contribution < -0.4 is 19.7 Å². The molecule has 1 aromatic carbocycles. The maximum Gasteiger partial charge on any atom is 0.171 e. The molecular formula is C20H26N4O4. The average molecular weight is 386 g/mol. The van der Waals surface area contributed by atoms with Gasteiger partial charge < -0.3 is 29.2 Å². The molecule has 2 aliphatic heterocycles. The number of ether oxygens (including phenoxy) is 4. The van der Waals surface area contributed by atoms with E-state index in [4.69, 9.17) is 18.9 Å². The Labute approximate surface area is 164 Å². The Morgan fingerprint density at radius 3 is 2.39 bits per heavy atom. The number of rotatable bonds is 5. The Hall–Kier alpha value is -2.58. The highest BCUT2D eigenvalue weighted by atomic mass is 16.7. The van der Waals surface area contributed by atoms with Crippen molar-refractivity contribution in [3.05, 3.63) is 30.1 Å². The molecule has 0 atom stereocenters. The van der Waals surface area contributed by atoms with Crippen LogP contribution in [0.15, 0.2) is 24.3 Å². The fourth-order valence-corrected chi connectivity index (χ4v) is 3.70. The monoisotopic (exact) mass is 386 g/mol. The maximum absolute atomic E-state index is 5.82. The summed E-state index contributed by atoms with van der Waals surface area (Å²) in [5.41, 5.74) is 0.868. The Balaban J connectivity index is 1.50. The van der Waals surface area contributed by atoms with E-state index in [0.717, 1.165) is 43.3 Å². The van der Waals surface area contributed by atoms with Crippen molar-refractivity contribution in [1.82, 2.24) is 9.97 Å². The van der Waals surface area contributed by atoms with E-state index in [-0.39, 0.29) is 5.79 Å². The lowest BCUT2D eigenvalue weighted by Crippen LogP contribution is -2.45. The summed E-state index contributed by atoms with van der Waals surface area (Å²) in [5.74, 6) is 3.32. The average Bonchev–Trinajstić information content (AvgIpc) is 3.16. The van der Waals surface area contributed by atoms with E-state index in [0.29, 0.717) is 30.5 Å². The molecule has 8 nitrogen and oxygen atoms in total. The summed E-state index contributed by atoms with van der Waals surface area (Å²) in [5, 5.41) is 3.34. The number of anilines is 3. The summed E-state index contributed by atoms with van der Waals surface area (Å²) < 4.78 is 22.3. The minimum absolute atomic E-state index is 0.390. The number of aryl methyl sites for hydroxylation is 1. The highest BCUT2D eigenvalue weighted by molar-refractivity contribution is 5.63. The van der Waals surface area contributed by atoms with Crippen LogP contribution in [0, 0.1) is 6.92 Å². The molecule has 150 valence electrons. The molecule has 8 heteroatoms. The molecular weight excluding hydrogens is 360 g/mol. The molecule has 0 radical (unpaired) electrons. The van der Waals surface area contributed by atoms with Gasteiger partial charge in [-0.15, -0.1) is 0 Å². The summed E-state index contributed by atoms with van der Waals surface area (Å²) in [7, 11) is 3.24. The molecule has 2 aliphatic rings. The lowest BCUT2D eigenvalue weighted by molar-refractivity contribution is -0.169. The predicted molar refractivity (Wildman–Crippen MR) is 106 cm³/mol. The van der Waals surface area contributed by atoms with Crippen LogP contribution in [-0.4, -0.2) is 56.3 Å². The molecule has 1 aromatic heterocycles. The number of aromatic nitrogens is 2. The third kappa shape index (κ3) is 3.83. The molecule has 2 saturated heterocycles. The first kappa shape index (κ1) is 18.8. The third-order valence-electron chi connectivity index (χ3n) is 5.14. The van der Waals surface area contributed by atoms with Gasteiger partial charge in [0.1, 0.15) is 17.5 Å². The topological polar surface area (TPSA) is 78.0 Å². The van der Waals surface area contributed by atoms with Crippen LogP contribution >= 0.6 is 0 Å². The Morgan fingerprint density at radius 1 is 1.00 bits per heavy atom. The number of hydrogen-bond acceptors (Lipinski definition) is 8. The van der Waals surface area contributed by atoms with E-state index in [9.17, 15) is 0 Å². The second kappa shape index (κ2) is 7.81. The summed E-state index contributed by atoms with van der Waals surface area (Å²) >= 11 is 0. The van der Waals surface area contributed by atoms with Gasteiger partial charge in [-0.25, -0.2) is 9.97 Å². The normalized spacial score (nSPS) is 18.3. The van der Waals surface area contributed by atoms with Crippen molar-refractivity contribution >= 4 is 17.3 Å². The van der Waals surface area contributed by atoms with Crippen LogP contribution in [0.2, 0.25) is 0 Å². The maximum atomic E-state index is 5.82. The van der Waals surface area contributed by atoms with E-state index in [1.54, 1.807) is 14.2 Å². The number of nitrogens with one attached hydrogen (secondary N) is 1. The molecule has 0 saturated carbocycles. The first-order valence-corrected chi connectivity index (χ1v) is 9.48. The molecule has 1 spiro atoms. The van der Waals surface area contributed by atoms with Crippen molar-refractivity contribution in [3.8, 4) is 11.5 Å². The van der Waals surface area contributed by atoms with E-state index >= 15 is 0 Å². The van der Waals surface area contributed by atoms with Crippen molar-refractivity contribution in [2.24, 2.45) is 0 Å². The highest BCUT2D eigenvalue weighted by Crippen LogP contribution is 2.34. The van der Waals surface area contributed by atoms with Crippen LogP contribution in [-0.2, 0) is 9.47 Å². The molecule has 2 fully saturated rings. The fraction of sp³-hybridized carbons (Fsp3) is 0.500. The number of methoxy groups -OCH3 is 2. The number of nitrogens with zero attached hydrogens (tertiary/aromatic N) is 3. The summed E-state index contributed by atoms with van der Waals surface area (Å²) in [6.45, 7) is 4.95. The quantitative estimate of drug-likeness (QED) is 0.841. The number of piperidine rings is 1. The van der Waals surface area contributed by atoms with Gasteiger partial charge in [0.2, 0.25) is 0 Å². The van der Waals surface area contributed by atoms with Gasteiger partial charge in [-0.2, -0.15) is 0 Å². The van der Waals surface area contributed by atoms with E-state index < -0.39 is 0 Å². The van der Waals surface area contributed by atoms with Crippen molar-refractivity contribution in [1.29, 1.82) is 0 Å². The van der Waals surface area contributed by atoms with Crippen molar-refractivity contribution in [2.45, 2.75) is 25.6 Å². The minimum Gasteiger partial charge on any atom is -0.493 e. The standard InChI is InChI=1S/C20H26N4O4/c1-14-21-18(23-15-4-5-16(25-2)17(12-15)26-3)13-19(22-14)24-8-6-20(7-9-24)27-10-11-28-20/h4-5,12-13H,6-11H2,1-3H3,(H,21,22,23). The zero-order valence-corrected chi connectivity index (χ0v) is 16.5. The van der Waals surface area contributed by atoms with Crippen molar-refractivity contribution in [2.75, 3.05) is 50.7 Å². The summed E-state index contributed by atoms with van der Waals surface area (Å²) in [6, 6.07) is 7.65. The van der Waals surface area contributed by atoms with Crippen LogP contribution in [0.25, 0.3) is 0 Å². The molecule has 0 bridgehead atoms. The molecule has 3 heterocycles. The van der Waals surface area contributed by atoms with E-state index in [2.05, 4.69) is 20.2 Å². The van der Waals surface area contributed by atoms with Crippen molar-refractivity contribution < 1.29 is 18.9 Å². The lowest BCUT2D eigenvalue weighted by atomic mass is 10.0. The molecule has 4 rings (SSSR count). The van der Waals surface area contributed by atoms with Gasteiger partial charge in [0.15, 0.2) is 17.3 Å². The fourth-order valence-electron chi connectivity index (χ4n) is 3.70. The smallest absolute Gasteiger partial charge is 0.171 e. The van der Waals surface area contributed by atoms with Gasteiger partial charge in [-0.3, -0.25) is 0 Å². The predicted octanol–water partition coefficient (Wildman–Crippen LogP) is 2.89. The Morgan fingerprint density at radius 2 is 1.71 bits per heavy atom. The van der Waals surface area contributed by atoms with Crippen LogP contribution in [0.3, 0.4) is 0 Å². The second-order valence-electron chi connectivity index (χ2n) is 6.95. The van der Waals surface area contributed by atoms with Crippen molar-refractivity contribution in [3.63, 3.8) is 0 Å². The zero-order valence-electron chi connectivity index (χ0n) is 16.5. The molecule has 0 amide bonds. The van der Waals surface area contributed by atoms with Crippen LogP contribution in [0.5, 0.6) is 11.5 Å². The van der Waals surface area contributed by atoms with E-state index in [1.165, 1.54) is 0 Å². The SMILES string of the molecule is COc1ccc(Nc2cc(N3CCC4(CC3)OCCO4)nc(C)n2)cc1OC. The second-order valence-corrected chi connectivity index (χ2v) is 6.95. The largest absolute Gasteiger partial charge is 0.493 e. The zero-order chi connectivity index (χ0) is 19.6. The summed E-state index contributed by atoms with van der Waals surface area (Å²) in [6.07, 6.45) is 1.68. The molecule has 1 N–H and O–H groups in total.